The highest BCUT2D eigenvalue weighted by atomic mass is 32.1. The molecule has 2 aliphatic rings. The molecule has 2 aromatic heterocycles. The number of hydrogen-bond acceptors (Lipinski definition) is 5. The van der Waals surface area contributed by atoms with Crippen molar-refractivity contribution in [3.63, 3.8) is 0 Å². The molecule has 3 aromatic rings. The highest BCUT2D eigenvalue weighted by molar-refractivity contribution is 7.09. The van der Waals surface area contributed by atoms with Gasteiger partial charge in [-0.3, -0.25) is 9.69 Å². The van der Waals surface area contributed by atoms with Crippen LogP contribution in [-0.2, 0) is 6.54 Å². The van der Waals surface area contributed by atoms with E-state index in [1.807, 2.05) is 35.6 Å². The fraction of sp³-hybridized carbons (Fsp3) is 0.476. The summed E-state index contributed by atoms with van der Waals surface area (Å²) in [5.41, 5.74) is 1.90. The zero-order chi connectivity index (χ0) is 18.2. The predicted octanol–water partition coefficient (Wildman–Crippen LogP) is 4.37. The summed E-state index contributed by atoms with van der Waals surface area (Å²) < 4.78 is 0. The average Bonchev–Trinajstić information content (AvgIpc) is 3.44. The van der Waals surface area contributed by atoms with Gasteiger partial charge in [-0.25, -0.2) is 9.97 Å². The molecule has 1 aliphatic heterocycles. The Kier molecular flexibility index (Phi) is 4.53. The van der Waals surface area contributed by atoms with Crippen molar-refractivity contribution in [2.24, 2.45) is 0 Å². The lowest BCUT2D eigenvalue weighted by atomic mass is 10.1. The van der Waals surface area contributed by atoms with E-state index in [-0.39, 0.29) is 11.6 Å². The minimum Gasteiger partial charge on any atom is -0.309 e. The van der Waals surface area contributed by atoms with Crippen LogP contribution in [0, 0.1) is 0 Å². The van der Waals surface area contributed by atoms with E-state index >= 15 is 0 Å². The van der Waals surface area contributed by atoms with Gasteiger partial charge in [0.05, 0.1) is 27.6 Å². The van der Waals surface area contributed by atoms with Gasteiger partial charge in [0.1, 0.15) is 5.82 Å². The Morgan fingerprint density at radius 3 is 2.85 bits per heavy atom. The third-order valence-electron chi connectivity index (χ3n) is 5.95. The van der Waals surface area contributed by atoms with E-state index in [2.05, 4.69) is 15.3 Å². The summed E-state index contributed by atoms with van der Waals surface area (Å²) >= 11 is 1.82. The minimum absolute atomic E-state index is 0.0420. The number of aromatic nitrogens is 3. The predicted molar refractivity (Wildman–Crippen MR) is 108 cm³/mol. The first-order valence-corrected chi connectivity index (χ1v) is 10.8. The molecule has 3 heterocycles. The lowest BCUT2D eigenvalue weighted by Crippen LogP contribution is -2.26. The van der Waals surface area contributed by atoms with Crippen LogP contribution in [0.1, 0.15) is 67.0 Å². The molecule has 1 aromatic carbocycles. The average molecular weight is 381 g/mol. The van der Waals surface area contributed by atoms with Gasteiger partial charge < -0.3 is 4.98 Å². The van der Waals surface area contributed by atoms with E-state index < -0.39 is 0 Å². The number of likely N-dealkylation sites (tertiary alicyclic amines) is 1. The van der Waals surface area contributed by atoms with Gasteiger partial charge in [-0.1, -0.05) is 25.0 Å². The highest BCUT2D eigenvalue weighted by Crippen LogP contribution is 2.36. The molecule has 0 radical (unpaired) electrons. The zero-order valence-electron chi connectivity index (χ0n) is 15.4. The second kappa shape index (κ2) is 7.17. The quantitative estimate of drug-likeness (QED) is 0.730. The summed E-state index contributed by atoms with van der Waals surface area (Å²) in [6, 6.07) is 7.73. The molecule has 2 fully saturated rings. The van der Waals surface area contributed by atoms with Crippen molar-refractivity contribution in [1.29, 1.82) is 0 Å². The molecule has 0 spiro atoms. The number of rotatable bonds is 4. The topological polar surface area (TPSA) is 61.9 Å². The van der Waals surface area contributed by atoms with Crippen LogP contribution in [0.2, 0.25) is 0 Å². The summed E-state index contributed by atoms with van der Waals surface area (Å²) in [4.78, 5) is 27.6. The highest BCUT2D eigenvalue weighted by Gasteiger charge is 2.29. The molecule has 1 N–H and O–H groups in total. The number of thiazole rings is 1. The molecular weight excluding hydrogens is 356 g/mol. The number of fused-ring (bicyclic) bond motifs is 1. The molecule has 1 atom stereocenters. The van der Waals surface area contributed by atoms with E-state index in [1.54, 1.807) is 0 Å². The first kappa shape index (κ1) is 17.1. The van der Waals surface area contributed by atoms with Gasteiger partial charge >= 0.3 is 0 Å². The normalized spacial score (nSPS) is 21.4. The van der Waals surface area contributed by atoms with E-state index in [0.717, 1.165) is 43.0 Å². The molecule has 1 aliphatic carbocycles. The van der Waals surface area contributed by atoms with Crippen molar-refractivity contribution in [3.05, 3.63) is 56.5 Å². The number of benzene rings is 1. The summed E-state index contributed by atoms with van der Waals surface area (Å²) in [5, 5.41) is 4.20. The van der Waals surface area contributed by atoms with Crippen LogP contribution in [0.15, 0.2) is 34.4 Å². The smallest absolute Gasteiger partial charge is 0.258 e. The van der Waals surface area contributed by atoms with Crippen molar-refractivity contribution in [2.45, 2.75) is 57.0 Å². The maximum atomic E-state index is 12.4. The van der Waals surface area contributed by atoms with Crippen molar-refractivity contribution in [3.8, 4) is 0 Å². The van der Waals surface area contributed by atoms with E-state index in [0.29, 0.717) is 11.3 Å². The molecule has 27 heavy (non-hydrogen) atoms. The maximum Gasteiger partial charge on any atom is 0.258 e. The lowest BCUT2D eigenvalue weighted by molar-refractivity contribution is 0.237. The van der Waals surface area contributed by atoms with Crippen molar-refractivity contribution in [2.75, 3.05) is 6.54 Å². The third-order valence-corrected chi connectivity index (χ3v) is 7.01. The Hall–Kier alpha value is -2.05. The summed E-state index contributed by atoms with van der Waals surface area (Å²) in [5.74, 6) is 1.47. The molecule has 0 amide bonds. The number of nitrogens with zero attached hydrogens (tertiary/aromatic N) is 3. The van der Waals surface area contributed by atoms with Gasteiger partial charge in [-0.05, 0) is 44.4 Å². The molecular formula is C21H24N4OS. The lowest BCUT2D eigenvalue weighted by Gasteiger charge is -2.23. The Labute approximate surface area is 162 Å². The molecule has 6 heteroatoms. The van der Waals surface area contributed by atoms with Crippen LogP contribution >= 0.6 is 11.3 Å². The van der Waals surface area contributed by atoms with E-state index in [4.69, 9.17) is 9.97 Å². The molecule has 1 saturated heterocycles. The van der Waals surface area contributed by atoms with Crippen molar-refractivity contribution < 1.29 is 0 Å². The fourth-order valence-corrected chi connectivity index (χ4v) is 5.53. The monoisotopic (exact) mass is 380 g/mol. The van der Waals surface area contributed by atoms with Crippen molar-refractivity contribution >= 4 is 22.2 Å². The molecule has 1 saturated carbocycles. The number of aromatic amines is 1. The van der Waals surface area contributed by atoms with Crippen LogP contribution in [0.25, 0.3) is 10.9 Å². The number of H-pyrrole nitrogens is 1. The first-order chi connectivity index (χ1) is 13.3. The van der Waals surface area contributed by atoms with Gasteiger partial charge in [0, 0.05) is 17.8 Å². The second-order valence-electron chi connectivity index (χ2n) is 7.76. The third kappa shape index (κ3) is 3.32. The fourth-order valence-electron chi connectivity index (χ4n) is 4.55. The minimum atomic E-state index is -0.0420. The van der Waals surface area contributed by atoms with Gasteiger partial charge in [-0.15, -0.1) is 11.3 Å². The largest absolute Gasteiger partial charge is 0.309 e. The Bertz CT molecular complexity index is 1000. The first-order valence-electron chi connectivity index (χ1n) is 9.95. The number of nitrogens with one attached hydrogen (secondary N) is 1. The summed E-state index contributed by atoms with van der Waals surface area (Å²) in [7, 11) is 0. The molecule has 5 rings (SSSR count). The molecule has 5 nitrogen and oxygen atoms in total. The van der Waals surface area contributed by atoms with Gasteiger partial charge in [0.2, 0.25) is 0 Å². The van der Waals surface area contributed by atoms with E-state index in [9.17, 15) is 4.79 Å². The molecule has 1 unspecified atom stereocenters. The number of para-hydroxylation sites is 1. The molecule has 0 bridgehead atoms. The molecule has 140 valence electrons. The van der Waals surface area contributed by atoms with Gasteiger partial charge in [0.15, 0.2) is 0 Å². The van der Waals surface area contributed by atoms with Crippen LogP contribution < -0.4 is 5.56 Å². The van der Waals surface area contributed by atoms with Crippen LogP contribution in [0.4, 0.5) is 0 Å². The Morgan fingerprint density at radius 1 is 1.11 bits per heavy atom. The summed E-state index contributed by atoms with van der Waals surface area (Å²) in [6.07, 6.45) is 7.42. The maximum absolute atomic E-state index is 12.4. The zero-order valence-corrected chi connectivity index (χ0v) is 16.2. The Balaban J connectivity index is 1.38. The van der Waals surface area contributed by atoms with Crippen molar-refractivity contribution in [1.82, 2.24) is 19.9 Å². The standard InChI is InChI=1S/C21H24N4OS/c26-20-16-8-3-4-9-17(16)23-19(24-20)18-10-5-11-25(18)12-15-13-27-21(22-15)14-6-1-2-7-14/h3-4,8-9,13-14,18H,1-2,5-7,10-12H2,(H,23,24,26). The van der Waals surface area contributed by atoms with Gasteiger partial charge in [-0.2, -0.15) is 0 Å². The SMILES string of the molecule is O=c1[nH]c(C2CCCN2Cc2csc(C3CCCC3)n2)nc2ccccc12. The summed E-state index contributed by atoms with van der Waals surface area (Å²) in [6.45, 7) is 1.86. The Morgan fingerprint density at radius 2 is 1.96 bits per heavy atom. The second-order valence-corrected chi connectivity index (χ2v) is 8.64. The van der Waals surface area contributed by atoms with Crippen LogP contribution in [-0.4, -0.2) is 26.4 Å². The van der Waals surface area contributed by atoms with Gasteiger partial charge in [0.25, 0.3) is 5.56 Å². The van der Waals surface area contributed by atoms with Crippen LogP contribution in [0.3, 0.4) is 0 Å². The van der Waals surface area contributed by atoms with E-state index in [1.165, 1.54) is 30.7 Å². The van der Waals surface area contributed by atoms with Crippen LogP contribution in [0.5, 0.6) is 0 Å². The number of hydrogen-bond donors (Lipinski definition) is 1.